The smallest absolute Gasteiger partial charge is 0.420 e. The van der Waals surface area contributed by atoms with Gasteiger partial charge in [0.15, 0.2) is 23.0 Å². The minimum absolute atomic E-state index is 0.0657. The summed E-state index contributed by atoms with van der Waals surface area (Å²) >= 11 is 0. The van der Waals surface area contributed by atoms with Gasteiger partial charge in [-0.2, -0.15) is 36.5 Å². The Morgan fingerprint density at radius 1 is 0.625 bits per heavy atom. The van der Waals surface area contributed by atoms with E-state index in [-0.39, 0.29) is 30.3 Å². The third kappa shape index (κ3) is 9.14. The van der Waals surface area contributed by atoms with Gasteiger partial charge >= 0.3 is 24.3 Å². The number of hydrogen-bond donors (Lipinski definition) is 0. The number of halogens is 6. The second-order valence-electron chi connectivity index (χ2n) is 11.3. The average molecular weight is 783 g/mol. The summed E-state index contributed by atoms with van der Waals surface area (Å²) in [7, 11) is 3.02. The molecule has 0 saturated carbocycles. The molecule has 56 heavy (non-hydrogen) atoms. The molecule has 0 amide bonds. The van der Waals surface area contributed by atoms with Crippen LogP contribution in [0, 0.1) is 0 Å². The van der Waals surface area contributed by atoms with E-state index in [4.69, 9.17) is 18.9 Å². The Morgan fingerprint density at radius 3 is 1.59 bits per heavy atom. The summed E-state index contributed by atoms with van der Waals surface area (Å²) in [5.74, 6) is -1.28. The van der Waals surface area contributed by atoms with E-state index in [0.717, 1.165) is 21.5 Å². The van der Waals surface area contributed by atoms with Crippen molar-refractivity contribution in [2.75, 3.05) is 27.4 Å². The highest BCUT2D eigenvalue weighted by Crippen LogP contribution is 2.36. The summed E-state index contributed by atoms with van der Waals surface area (Å²) < 4.78 is 103. The van der Waals surface area contributed by atoms with E-state index < -0.39 is 47.1 Å². The molecule has 18 heteroatoms. The molecular formula is C38H32F6N6O6. The summed E-state index contributed by atoms with van der Waals surface area (Å²) in [6.07, 6.45) is -6.87. The zero-order chi connectivity index (χ0) is 40.6. The molecule has 4 heterocycles. The lowest BCUT2D eigenvalue weighted by Gasteiger charge is -2.13. The second kappa shape index (κ2) is 17.2. The minimum atomic E-state index is -4.66. The van der Waals surface area contributed by atoms with Crippen LogP contribution in [0.15, 0.2) is 97.3 Å². The van der Waals surface area contributed by atoms with Crippen molar-refractivity contribution in [3.8, 4) is 45.6 Å². The van der Waals surface area contributed by atoms with Gasteiger partial charge in [-0.15, -0.1) is 0 Å². The predicted molar refractivity (Wildman–Crippen MR) is 189 cm³/mol. The molecule has 0 saturated heterocycles. The Kier molecular flexibility index (Phi) is 12.4. The van der Waals surface area contributed by atoms with E-state index in [9.17, 15) is 35.9 Å². The minimum Gasteiger partial charge on any atom is -0.497 e. The van der Waals surface area contributed by atoms with Crippen LogP contribution in [0.4, 0.5) is 26.3 Å². The predicted octanol–water partition coefficient (Wildman–Crippen LogP) is 8.28. The topological polar surface area (TPSA) is 132 Å². The Balaban J connectivity index is 0.000000214. The standard InChI is InChI=1S/2C19H16F3N3O3/c1-3-28-18(26)15-11-16(12-6-8-13(27-2)9-7-12)25(24-15)17-14(19(20,21)22)5-4-10-23-17;1-3-28-18(26)16-11-15(12-6-8-13(27-2)9-7-12)24-25(16)17-14(19(20,21)22)5-4-10-23-17/h2*4-11H,3H2,1-2H3. The lowest BCUT2D eigenvalue weighted by Crippen LogP contribution is -2.17. The molecule has 292 valence electrons. The van der Waals surface area contributed by atoms with E-state index in [1.165, 1.54) is 50.9 Å². The van der Waals surface area contributed by atoms with Gasteiger partial charge in [-0.25, -0.2) is 28.9 Å². The van der Waals surface area contributed by atoms with Gasteiger partial charge in [0, 0.05) is 23.5 Å². The lowest BCUT2D eigenvalue weighted by molar-refractivity contribution is -0.138. The second-order valence-corrected chi connectivity index (χ2v) is 11.3. The van der Waals surface area contributed by atoms with Gasteiger partial charge in [-0.1, -0.05) is 0 Å². The van der Waals surface area contributed by atoms with Crippen molar-refractivity contribution in [1.29, 1.82) is 0 Å². The van der Waals surface area contributed by atoms with E-state index in [2.05, 4.69) is 20.2 Å². The molecule has 0 aliphatic rings. The number of ether oxygens (including phenoxy) is 4. The van der Waals surface area contributed by atoms with Crippen LogP contribution in [0.25, 0.3) is 34.2 Å². The lowest BCUT2D eigenvalue weighted by atomic mass is 10.1. The number of alkyl halides is 6. The van der Waals surface area contributed by atoms with Crippen LogP contribution in [0.5, 0.6) is 11.5 Å². The van der Waals surface area contributed by atoms with Gasteiger partial charge in [-0.3, -0.25) is 0 Å². The SMILES string of the molecule is CCOC(=O)c1cc(-c2ccc(OC)cc2)n(-c2ncccc2C(F)(F)F)n1.CCOC(=O)c1cc(-c2ccc(OC)cc2)nn1-c1ncccc1C(F)(F)F. The zero-order valence-electron chi connectivity index (χ0n) is 30.1. The molecule has 0 radical (unpaired) electrons. The molecule has 2 aromatic carbocycles. The molecule has 6 rings (SSSR count). The molecule has 0 bridgehead atoms. The van der Waals surface area contributed by atoms with Gasteiger partial charge in [0.1, 0.15) is 22.6 Å². The highest BCUT2D eigenvalue weighted by molar-refractivity contribution is 5.90. The molecule has 0 aliphatic heterocycles. The number of carbonyl (C=O) groups excluding carboxylic acids is 2. The van der Waals surface area contributed by atoms with Crippen LogP contribution in [0.3, 0.4) is 0 Å². The van der Waals surface area contributed by atoms with Crippen molar-refractivity contribution in [2.45, 2.75) is 26.2 Å². The van der Waals surface area contributed by atoms with Gasteiger partial charge in [-0.05, 0) is 98.8 Å². The molecule has 12 nitrogen and oxygen atoms in total. The highest BCUT2D eigenvalue weighted by Gasteiger charge is 2.37. The highest BCUT2D eigenvalue weighted by atomic mass is 19.4. The normalized spacial score (nSPS) is 11.3. The van der Waals surface area contributed by atoms with Crippen LogP contribution >= 0.6 is 0 Å². The fourth-order valence-corrected chi connectivity index (χ4v) is 5.18. The quantitative estimate of drug-likeness (QED) is 0.0988. The Hall–Kier alpha value is -6.72. The molecule has 0 fully saturated rings. The van der Waals surface area contributed by atoms with Crippen molar-refractivity contribution in [1.82, 2.24) is 29.5 Å². The number of nitrogens with zero attached hydrogens (tertiary/aromatic N) is 6. The average Bonchev–Trinajstić information content (AvgIpc) is 3.84. The maximum atomic E-state index is 13.5. The van der Waals surface area contributed by atoms with Crippen LogP contribution in [-0.4, -0.2) is 68.9 Å². The van der Waals surface area contributed by atoms with Crippen molar-refractivity contribution in [3.05, 3.63) is 120 Å². The molecule has 4 aromatic heterocycles. The summed E-state index contributed by atoms with van der Waals surface area (Å²) in [4.78, 5) is 32.1. The Labute approximate surface area is 315 Å². The number of pyridine rings is 2. The van der Waals surface area contributed by atoms with Crippen molar-refractivity contribution in [3.63, 3.8) is 0 Å². The third-order valence-electron chi connectivity index (χ3n) is 7.74. The third-order valence-corrected chi connectivity index (χ3v) is 7.74. The van der Waals surface area contributed by atoms with Crippen LogP contribution in [0.2, 0.25) is 0 Å². The molecule has 0 unspecified atom stereocenters. The molecular weight excluding hydrogens is 750 g/mol. The van der Waals surface area contributed by atoms with E-state index in [1.807, 2.05) is 0 Å². The van der Waals surface area contributed by atoms with Gasteiger partial charge in [0.2, 0.25) is 0 Å². The van der Waals surface area contributed by atoms with Crippen LogP contribution in [-0.2, 0) is 21.8 Å². The first-order valence-electron chi connectivity index (χ1n) is 16.6. The maximum absolute atomic E-state index is 13.5. The van der Waals surface area contributed by atoms with Crippen molar-refractivity contribution < 1.29 is 54.9 Å². The first-order valence-corrected chi connectivity index (χ1v) is 16.6. The number of esters is 2. The fourth-order valence-electron chi connectivity index (χ4n) is 5.18. The van der Waals surface area contributed by atoms with Crippen molar-refractivity contribution in [2.24, 2.45) is 0 Å². The van der Waals surface area contributed by atoms with Crippen LogP contribution in [0.1, 0.15) is 46.0 Å². The Morgan fingerprint density at radius 2 is 1.11 bits per heavy atom. The zero-order valence-corrected chi connectivity index (χ0v) is 30.1. The Bertz CT molecular complexity index is 2290. The van der Waals surface area contributed by atoms with E-state index in [1.54, 1.807) is 62.4 Å². The molecule has 0 atom stereocenters. The monoisotopic (exact) mass is 782 g/mol. The van der Waals surface area contributed by atoms with Crippen molar-refractivity contribution >= 4 is 11.9 Å². The summed E-state index contributed by atoms with van der Waals surface area (Å²) in [6, 6.07) is 20.2. The summed E-state index contributed by atoms with van der Waals surface area (Å²) in [5, 5.41) is 8.24. The van der Waals surface area contributed by atoms with Gasteiger partial charge in [0.05, 0.1) is 38.8 Å². The fraction of sp³-hybridized carbons (Fsp3) is 0.211. The van der Waals surface area contributed by atoms with Gasteiger partial charge in [0.25, 0.3) is 0 Å². The largest absolute Gasteiger partial charge is 0.497 e. The number of hydrogen-bond acceptors (Lipinski definition) is 10. The molecule has 0 aliphatic carbocycles. The first kappa shape index (κ1) is 40.5. The summed E-state index contributed by atoms with van der Waals surface area (Å²) in [5.41, 5.74) is -0.576. The molecule has 0 N–H and O–H groups in total. The van der Waals surface area contributed by atoms with E-state index in [0.29, 0.717) is 28.3 Å². The number of carbonyl (C=O) groups is 2. The molecule has 6 aromatic rings. The maximum Gasteiger partial charge on any atom is 0.420 e. The van der Waals surface area contributed by atoms with Crippen LogP contribution < -0.4 is 9.47 Å². The first-order chi connectivity index (χ1) is 26.7. The van der Waals surface area contributed by atoms with Gasteiger partial charge < -0.3 is 18.9 Å². The summed E-state index contributed by atoms with van der Waals surface area (Å²) in [6.45, 7) is 3.40. The van der Waals surface area contributed by atoms with E-state index >= 15 is 0 Å². The molecule has 0 spiro atoms. The number of rotatable bonds is 10. The number of methoxy groups -OCH3 is 2. The number of aromatic nitrogens is 6. The number of benzene rings is 2.